The van der Waals surface area contributed by atoms with Gasteiger partial charge >= 0.3 is 23.9 Å². The lowest BCUT2D eigenvalue weighted by molar-refractivity contribution is -0.148. The quantitative estimate of drug-likeness (QED) is 0.196. The average Bonchev–Trinajstić information content (AvgIpc) is 2.79. The highest BCUT2D eigenvalue weighted by Crippen LogP contribution is 2.13. The summed E-state index contributed by atoms with van der Waals surface area (Å²) in [7, 11) is 0. The molecule has 0 N–H and O–H groups in total. The van der Waals surface area contributed by atoms with Gasteiger partial charge in [0.2, 0.25) is 0 Å². The van der Waals surface area contributed by atoms with Crippen LogP contribution in [-0.4, -0.2) is 73.8 Å². The highest BCUT2D eigenvalue weighted by molar-refractivity contribution is 7.99. The van der Waals surface area contributed by atoms with Gasteiger partial charge in [0.25, 0.3) is 0 Å². The Morgan fingerprint density at radius 1 is 0.750 bits per heavy atom. The molecule has 0 saturated heterocycles. The molecule has 1 rings (SSSR count). The van der Waals surface area contributed by atoms with E-state index in [0.717, 1.165) is 12.8 Å². The monoisotopic (exact) mass is 486 g/mol. The molecule has 8 nitrogen and oxygen atoms in total. The molecule has 0 radical (unpaired) electrons. The van der Waals surface area contributed by atoms with Crippen molar-refractivity contribution in [2.75, 3.05) is 49.9 Å². The molecule has 0 atom stereocenters. The fourth-order valence-electron chi connectivity index (χ4n) is 2.30. The van der Waals surface area contributed by atoms with Gasteiger partial charge in [-0.15, -0.1) is 0 Å². The minimum atomic E-state index is -0.589. The van der Waals surface area contributed by atoms with Gasteiger partial charge in [0, 0.05) is 0 Å². The van der Waals surface area contributed by atoms with Crippen LogP contribution in [0.4, 0.5) is 0 Å². The molecule has 0 heterocycles. The molecule has 0 aromatic heterocycles. The van der Waals surface area contributed by atoms with Crippen molar-refractivity contribution in [2.45, 2.75) is 26.2 Å². The number of rotatable bonds is 16. The summed E-state index contributed by atoms with van der Waals surface area (Å²) in [5.41, 5.74) is 0.355. The van der Waals surface area contributed by atoms with Crippen molar-refractivity contribution >= 4 is 47.4 Å². The standard InChI is InChI=1S/C22H30O8S2/c1-3-4-10-29-21(25)17-8-5-6-9-18(17)22(26)30-11-7-14-32-16-20(24)28-13-12-27-19(23)15-31-2/h5-6,8-9H,3-4,7,10-16H2,1-2H3. The molecule has 0 aliphatic carbocycles. The molecule has 0 bridgehead atoms. The fraction of sp³-hybridized carbons (Fsp3) is 0.545. The number of hydrogen-bond donors (Lipinski definition) is 0. The predicted octanol–water partition coefficient (Wildman–Crippen LogP) is 3.37. The molecule has 0 unspecified atom stereocenters. The van der Waals surface area contributed by atoms with Gasteiger partial charge in [0.1, 0.15) is 13.2 Å². The number of benzene rings is 1. The zero-order valence-corrected chi connectivity index (χ0v) is 20.1. The molecule has 0 saturated carbocycles. The number of thioether (sulfide) groups is 2. The van der Waals surface area contributed by atoms with Gasteiger partial charge < -0.3 is 18.9 Å². The zero-order chi connectivity index (χ0) is 23.6. The van der Waals surface area contributed by atoms with Gasteiger partial charge in [-0.05, 0) is 37.0 Å². The number of esters is 4. The van der Waals surface area contributed by atoms with Crippen molar-refractivity contribution in [2.24, 2.45) is 0 Å². The summed E-state index contributed by atoms with van der Waals surface area (Å²) in [6.07, 6.45) is 4.00. The van der Waals surface area contributed by atoms with E-state index in [2.05, 4.69) is 0 Å². The molecule has 10 heteroatoms. The topological polar surface area (TPSA) is 105 Å². The molecule has 1 aromatic rings. The third kappa shape index (κ3) is 12.0. The highest BCUT2D eigenvalue weighted by Gasteiger charge is 2.18. The number of unbranched alkanes of at least 4 members (excludes halogenated alkanes) is 1. The second kappa shape index (κ2) is 17.4. The Hall–Kier alpha value is -2.20. The SMILES string of the molecule is CCCCOC(=O)c1ccccc1C(=O)OCCCSCC(=O)OCCOC(=O)CSC. The zero-order valence-electron chi connectivity index (χ0n) is 18.5. The van der Waals surface area contributed by atoms with Crippen molar-refractivity contribution in [3.05, 3.63) is 35.4 Å². The van der Waals surface area contributed by atoms with Gasteiger partial charge in [0.15, 0.2) is 0 Å². The van der Waals surface area contributed by atoms with Gasteiger partial charge in [0.05, 0.1) is 35.8 Å². The maximum atomic E-state index is 12.3. The van der Waals surface area contributed by atoms with Crippen molar-refractivity contribution in [1.29, 1.82) is 0 Å². The molecular weight excluding hydrogens is 456 g/mol. The number of hydrogen-bond acceptors (Lipinski definition) is 10. The van der Waals surface area contributed by atoms with Gasteiger partial charge in [-0.2, -0.15) is 23.5 Å². The van der Waals surface area contributed by atoms with Crippen molar-refractivity contribution in [3.63, 3.8) is 0 Å². The third-order valence-electron chi connectivity index (χ3n) is 3.86. The van der Waals surface area contributed by atoms with E-state index in [0.29, 0.717) is 18.8 Å². The minimum Gasteiger partial charge on any atom is -0.462 e. The predicted molar refractivity (Wildman–Crippen MR) is 124 cm³/mol. The normalized spacial score (nSPS) is 10.3. The van der Waals surface area contributed by atoms with Crippen LogP contribution >= 0.6 is 23.5 Å². The van der Waals surface area contributed by atoms with E-state index in [1.807, 2.05) is 6.92 Å². The Bertz CT molecular complexity index is 738. The van der Waals surface area contributed by atoms with E-state index >= 15 is 0 Å². The fourth-order valence-corrected chi connectivity index (χ4v) is 3.33. The van der Waals surface area contributed by atoms with Crippen LogP contribution in [0.5, 0.6) is 0 Å². The first-order valence-electron chi connectivity index (χ1n) is 10.3. The maximum absolute atomic E-state index is 12.3. The van der Waals surface area contributed by atoms with E-state index in [9.17, 15) is 19.2 Å². The average molecular weight is 487 g/mol. The molecule has 1 aromatic carbocycles. The summed E-state index contributed by atoms with van der Waals surface area (Å²) in [6.45, 7) is 2.53. The van der Waals surface area contributed by atoms with Crippen molar-refractivity contribution in [3.8, 4) is 0 Å². The third-order valence-corrected chi connectivity index (χ3v) is 5.40. The summed E-state index contributed by atoms with van der Waals surface area (Å²) in [4.78, 5) is 47.3. The van der Waals surface area contributed by atoms with E-state index in [4.69, 9.17) is 18.9 Å². The van der Waals surface area contributed by atoms with E-state index < -0.39 is 17.9 Å². The summed E-state index contributed by atoms with van der Waals surface area (Å²) in [5.74, 6) is -0.863. The van der Waals surface area contributed by atoms with Crippen LogP contribution < -0.4 is 0 Å². The molecule has 0 aliphatic rings. The Balaban J connectivity index is 2.22. The Labute approximate surface area is 197 Å². The maximum Gasteiger partial charge on any atom is 0.339 e. The first-order chi connectivity index (χ1) is 15.5. The van der Waals surface area contributed by atoms with Crippen LogP contribution in [0.25, 0.3) is 0 Å². The Morgan fingerprint density at radius 3 is 1.81 bits per heavy atom. The molecule has 32 heavy (non-hydrogen) atoms. The lowest BCUT2D eigenvalue weighted by Gasteiger charge is -2.09. The first kappa shape index (κ1) is 27.8. The van der Waals surface area contributed by atoms with Gasteiger partial charge in [-0.25, -0.2) is 9.59 Å². The van der Waals surface area contributed by atoms with Gasteiger partial charge in [-0.3, -0.25) is 9.59 Å². The smallest absolute Gasteiger partial charge is 0.339 e. The lowest BCUT2D eigenvalue weighted by atomic mass is 10.1. The molecule has 0 fully saturated rings. The summed E-state index contributed by atoms with van der Waals surface area (Å²) in [5, 5.41) is 0. The van der Waals surface area contributed by atoms with Crippen molar-refractivity contribution in [1.82, 2.24) is 0 Å². The van der Waals surface area contributed by atoms with E-state index in [1.54, 1.807) is 18.4 Å². The molecule has 0 amide bonds. The van der Waals surface area contributed by atoms with Crippen LogP contribution in [0, 0.1) is 0 Å². The van der Waals surface area contributed by atoms with Crippen LogP contribution in [0.15, 0.2) is 24.3 Å². The second-order valence-electron chi connectivity index (χ2n) is 6.45. The summed E-state index contributed by atoms with van der Waals surface area (Å²) in [6, 6.07) is 6.39. The number of carbonyl (C=O) groups is 4. The van der Waals surface area contributed by atoms with Crippen molar-refractivity contribution < 1.29 is 38.1 Å². The lowest BCUT2D eigenvalue weighted by Crippen LogP contribution is -2.16. The summed E-state index contributed by atoms with van der Waals surface area (Å²) >= 11 is 2.71. The number of ether oxygens (including phenoxy) is 4. The van der Waals surface area contributed by atoms with Crippen LogP contribution in [-0.2, 0) is 28.5 Å². The van der Waals surface area contributed by atoms with E-state index in [1.165, 1.54) is 35.7 Å². The molecule has 0 spiro atoms. The highest BCUT2D eigenvalue weighted by atomic mass is 32.2. The van der Waals surface area contributed by atoms with Gasteiger partial charge in [-0.1, -0.05) is 25.5 Å². The van der Waals surface area contributed by atoms with E-state index in [-0.39, 0.29) is 48.4 Å². The first-order valence-corrected chi connectivity index (χ1v) is 12.9. The van der Waals surface area contributed by atoms with Crippen LogP contribution in [0.1, 0.15) is 46.9 Å². The second-order valence-corrected chi connectivity index (χ2v) is 8.42. The van der Waals surface area contributed by atoms with Crippen LogP contribution in [0.2, 0.25) is 0 Å². The molecule has 0 aliphatic heterocycles. The Kier molecular flexibility index (Phi) is 15.1. The largest absolute Gasteiger partial charge is 0.462 e. The van der Waals surface area contributed by atoms with Crippen LogP contribution in [0.3, 0.4) is 0 Å². The summed E-state index contributed by atoms with van der Waals surface area (Å²) < 4.78 is 20.3. The molecular formula is C22H30O8S2. The minimum absolute atomic E-state index is 0.0252. The number of carbonyl (C=O) groups excluding carboxylic acids is 4. The molecule has 178 valence electrons. The Morgan fingerprint density at radius 2 is 1.28 bits per heavy atom.